The van der Waals surface area contributed by atoms with Crippen LogP contribution in [0.4, 0.5) is 4.39 Å². The Kier molecular flexibility index (Phi) is 4.64. The molecule has 0 bridgehead atoms. The summed E-state index contributed by atoms with van der Waals surface area (Å²) in [4.78, 5) is 13.6. The van der Waals surface area contributed by atoms with E-state index in [9.17, 15) is 19.4 Å². The summed E-state index contributed by atoms with van der Waals surface area (Å²) in [6, 6.07) is 10.0. The van der Waals surface area contributed by atoms with E-state index >= 15 is 0 Å². The number of carbonyl (C=O) groups is 1. The topological polar surface area (TPSA) is 60.8 Å². The maximum Gasteiger partial charge on any atom is 0.163 e. The molecule has 1 unspecified atom stereocenters. The molecule has 1 aliphatic rings. The van der Waals surface area contributed by atoms with Crippen LogP contribution in [0.25, 0.3) is 0 Å². The number of hydrogen-bond donors (Lipinski definition) is 2. The summed E-state index contributed by atoms with van der Waals surface area (Å²) in [6.07, 6.45) is 0.822. The first kappa shape index (κ1) is 16.6. The van der Waals surface area contributed by atoms with Crippen molar-refractivity contribution in [2.45, 2.75) is 25.9 Å². The number of ketones is 1. The molecule has 1 atom stereocenters. The van der Waals surface area contributed by atoms with Crippen LogP contribution in [0.3, 0.4) is 0 Å². The van der Waals surface area contributed by atoms with E-state index in [4.69, 9.17) is 0 Å². The highest BCUT2D eigenvalue weighted by Gasteiger charge is 2.27. The van der Waals surface area contributed by atoms with Crippen molar-refractivity contribution in [3.8, 4) is 5.75 Å². The number of aliphatic hydroxyl groups excluding tert-OH is 1. The van der Waals surface area contributed by atoms with Gasteiger partial charge in [-0.3, -0.25) is 9.69 Å². The first-order chi connectivity index (χ1) is 11.5. The lowest BCUT2D eigenvalue weighted by Crippen LogP contribution is -2.37. The number of phenolic OH excluding ortho intramolecular Hbond substituents is 1. The predicted molar refractivity (Wildman–Crippen MR) is 88.5 cm³/mol. The van der Waals surface area contributed by atoms with Crippen LogP contribution in [0.5, 0.6) is 5.75 Å². The minimum Gasteiger partial charge on any atom is -0.507 e. The fourth-order valence-electron chi connectivity index (χ4n) is 3.37. The van der Waals surface area contributed by atoms with Crippen LogP contribution in [-0.2, 0) is 13.0 Å². The van der Waals surface area contributed by atoms with Gasteiger partial charge in [0.1, 0.15) is 11.6 Å². The maximum atomic E-state index is 13.8. The molecule has 0 spiro atoms. The van der Waals surface area contributed by atoms with E-state index in [0.717, 1.165) is 18.1 Å². The second kappa shape index (κ2) is 6.71. The van der Waals surface area contributed by atoms with Crippen LogP contribution in [0.15, 0.2) is 36.4 Å². The molecule has 1 heterocycles. The molecule has 0 saturated heterocycles. The van der Waals surface area contributed by atoms with Crippen LogP contribution in [0, 0.1) is 5.82 Å². The Hall–Kier alpha value is -2.24. The zero-order valence-corrected chi connectivity index (χ0v) is 13.5. The first-order valence-corrected chi connectivity index (χ1v) is 7.96. The number of phenols is 1. The number of aromatic hydroxyl groups is 1. The molecule has 0 fully saturated rings. The van der Waals surface area contributed by atoms with Gasteiger partial charge in [0.15, 0.2) is 5.78 Å². The average molecular weight is 329 g/mol. The first-order valence-electron chi connectivity index (χ1n) is 7.96. The van der Waals surface area contributed by atoms with Crippen LogP contribution >= 0.6 is 0 Å². The zero-order chi connectivity index (χ0) is 17.3. The van der Waals surface area contributed by atoms with Gasteiger partial charge in [0.2, 0.25) is 0 Å². The maximum absolute atomic E-state index is 13.8. The Morgan fingerprint density at radius 3 is 2.79 bits per heavy atom. The second-order valence-corrected chi connectivity index (χ2v) is 6.13. The number of hydrogen-bond acceptors (Lipinski definition) is 4. The summed E-state index contributed by atoms with van der Waals surface area (Å²) in [7, 11) is 0. The smallest absolute Gasteiger partial charge is 0.163 e. The van der Waals surface area contributed by atoms with Crippen LogP contribution < -0.4 is 0 Å². The third-order valence-corrected chi connectivity index (χ3v) is 4.60. The Bertz CT molecular complexity index is 775. The fraction of sp³-hybridized carbons (Fsp3) is 0.316. The molecule has 5 heteroatoms. The molecule has 2 N–H and O–H groups in total. The Morgan fingerprint density at radius 2 is 2.08 bits per heavy atom. The number of fused-ring (bicyclic) bond motifs is 1. The van der Waals surface area contributed by atoms with Gasteiger partial charge in [-0.2, -0.15) is 0 Å². The summed E-state index contributed by atoms with van der Waals surface area (Å²) in [5, 5.41) is 20.1. The molecule has 24 heavy (non-hydrogen) atoms. The summed E-state index contributed by atoms with van der Waals surface area (Å²) in [5.41, 5.74) is 2.59. The third kappa shape index (κ3) is 3.05. The summed E-state index contributed by atoms with van der Waals surface area (Å²) >= 11 is 0. The molecule has 0 aliphatic carbocycles. The fourth-order valence-corrected chi connectivity index (χ4v) is 3.37. The Morgan fingerprint density at radius 1 is 1.33 bits per heavy atom. The number of aliphatic hydroxyl groups is 1. The summed E-state index contributed by atoms with van der Waals surface area (Å²) in [5.74, 6) is -1.11. The lowest BCUT2D eigenvalue weighted by molar-refractivity contribution is 0.100. The SMILES string of the molecule is CC(=O)c1cc(F)cc(CN2CCc3ccccc3C2CO)c1O. The van der Waals surface area contributed by atoms with E-state index in [1.165, 1.54) is 18.6 Å². The molecule has 0 aromatic heterocycles. The predicted octanol–water partition coefficient (Wildman–Crippen LogP) is 2.83. The van der Waals surface area contributed by atoms with Crippen LogP contribution in [0.1, 0.15) is 40.0 Å². The third-order valence-electron chi connectivity index (χ3n) is 4.60. The lowest BCUT2D eigenvalue weighted by Gasteiger charge is -2.36. The number of halogens is 1. The van der Waals surface area contributed by atoms with Crippen molar-refractivity contribution < 1.29 is 19.4 Å². The van der Waals surface area contributed by atoms with Crippen LogP contribution in [-0.4, -0.2) is 34.0 Å². The minimum atomic E-state index is -0.550. The van der Waals surface area contributed by atoms with Gasteiger partial charge in [0, 0.05) is 18.7 Å². The minimum absolute atomic E-state index is 0.0111. The normalized spacial score (nSPS) is 17.5. The van der Waals surface area contributed by atoms with Crippen molar-refractivity contribution in [3.63, 3.8) is 0 Å². The summed E-state index contributed by atoms with van der Waals surface area (Å²) < 4.78 is 13.8. The van der Waals surface area contributed by atoms with E-state index in [2.05, 4.69) is 0 Å². The standard InChI is InChI=1S/C19H20FNO3/c1-12(23)17-9-15(20)8-14(19(17)24)10-21-7-6-13-4-2-3-5-16(13)18(21)11-22/h2-5,8-9,18,22,24H,6-7,10-11H2,1H3. The highest BCUT2D eigenvalue weighted by Crippen LogP contribution is 2.33. The van der Waals surface area contributed by atoms with Gasteiger partial charge in [-0.15, -0.1) is 0 Å². The average Bonchev–Trinajstić information content (AvgIpc) is 2.57. The van der Waals surface area contributed by atoms with E-state index in [0.29, 0.717) is 12.1 Å². The molecule has 1 aliphatic heterocycles. The summed E-state index contributed by atoms with van der Waals surface area (Å²) in [6.45, 7) is 2.19. The van der Waals surface area contributed by atoms with Crippen molar-refractivity contribution >= 4 is 5.78 Å². The van der Waals surface area contributed by atoms with E-state index in [1.54, 1.807) is 0 Å². The van der Waals surface area contributed by atoms with E-state index in [-0.39, 0.29) is 36.3 Å². The van der Waals surface area contributed by atoms with Gasteiger partial charge in [-0.05, 0) is 36.6 Å². The molecule has 0 saturated carbocycles. The highest BCUT2D eigenvalue weighted by atomic mass is 19.1. The molecule has 126 valence electrons. The van der Waals surface area contributed by atoms with Gasteiger partial charge in [-0.1, -0.05) is 24.3 Å². The Balaban J connectivity index is 1.93. The molecule has 2 aromatic rings. The van der Waals surface area contributed by atoms with Gasteiger partial charge in [-0.25, -0.2) is 4.39 Å². The number of carbonyl (C=O) groups excluding carboxylic acids is 1. The van der Waals surface area contributed by atoms with Crippen molar-refractivity contribution in [1.82, 2.24) is 4.90 Å². The van der Waals surface area contributed by atoms with Crippen molar-refractivity contribution in [2.75, 3.05) is 13.2 Å². The molecular weight excluding hydrogens is 309 g/mol. The molecule has 0 radical (unpaired) electrons. The number of Topliss-reactive ketones (excluding diaryl/α,β-unsaturated/α-hetero) is 1. The quantitative estimate of drug-likeness (QED) is 0.847. The highest BCUT2D eigenvalue weighted by molar-refractivity contribution is 5.97. The van der Waals surface area contributed by atoms with Crippen molar-refractivity contribution in [3.05, 3.63) is 64.5 Å². The molecule has 2 aromatic carbocycles. The monoisotopic (exact) mass is 329 g/mol. The largest absolute Gasteiger partial charge is 0.507 e. The Labute approximate surface area is 140 Å². The van der Waals surface area contributed by atoms with Crippen molar-refractivity contribution in [1.29, 1.82) is 0 Å². The molecule has 0 amide bonds. The van der Waals surface area contributed by atoms with Crippen molar-refractivity contribution in [2.24, 2.45) is 0 Å². The lowest BCUT2D eigenvalue weighted by atomic mass is 9.92. The number of benzene rings is 2. The van der Waals surface area contributed by atoms with Gasteiger partial charge >= 0.3 is 0 Å². The number of nitrogens with zero attached hydrogens (tertiary/aromatic N) is 1. The number of rotatable bonds is 4. The van der Waals surface area contributed by atoms with Crippen LogP contribution in [0.2, 0.25) is 0 Å². The zero-order valence-electron chi connectivity index (χ0n) is 13.5. The molecular formula is C19H20FNO3. The molecule has 4 nitrogen and oxygen atoms in total. The van der Waals surface area contributed by atoms with E-state index in [1.807, 2.05) is 29.2 Å². The molecule has 3 rings (SSSR count). The van der Waals surface area contributed by atoms with Gasteiger partial charge in [0.25, 0.3) is 0 Å². The second-order valence-electron chi connectivity index (χ2n) is 6.13. The van der Waals surface area contributed by atoms with Gasteiger partial charge < -0.3 is 10.2 Å². The van der Waals surface area contributed by atoms with Gasteiger partial charge in [0.05, 0.1) is 18.2 Å². The van der Waals surface area contributed by atoms with E-state index < -0.39 is 5.82 Å².